The summed E-state index contributed by atoms with van der Waals surface area (Å²) in [5.74, 6) is -3.65. The molecule has 6 heteroatoms. The van der Waals surface area contributed by atoms with Crippen molar-refractivity contribution in [1.29, 1.82) is 0 Å². The number of carbonyl (C=O) groups excluding carboxylic acids is 1. The predicted octanol–water partition coefficient (Wildman–Crippen LogP) is 3.79. The Morgan fingerprint density at radius 2 is 1.95 bits per heavy atom. The van der Waals surface area contributed by atoms with Crippen LogP contribution in [0.2, 0.25) is 5.02 Å². The quantitative estimate of drug-likeness (QED) is 0.882. The second kappa shape index (κ2) is 5.41. The van der Waals surface area contributed by atoms with Gasteiger partial charge in [-0.2, -0.15) is 0 Å². The Morgan fingerprint density at radius 1 is 1.32 bits per heavy atom. The van der Waals surface area contributed by atoms with E-state index in [2.05, 4.69) is 5.32 Å². The highest BCUT2D eigenvalue weighted by Crippen LogP contribution is 2.33. The first-order valence-corrected chi connectivity index (χ1v) is 6.39. The van der Waals surface area contributed by atoms with Crippen molar-refractivity contribution in [3.63, 3.8) is 0 Å². The summed E-state index contributed by atoms with van der Waals surface area (Å²) >= 11 is 5.58. The molecule has 1 fully saturated rings. The van der Waals surface area contributed by atoms with Crippen molar-refractivity contribution < 1.29 is 18.0 Å². The van der Waals surface area contributed by atoms with Gasteiger partial charge in [-0.25, -0.2) is 13.2 Å². The third-order valence-corrected chi connectivity index (χ3v) is 3.52. The molecular formula is C13H13ClF3NO. The molecule has 1 aliphatic rings. The number of rotatable bonds is 2. The summed E-state index contributed by atoms with van der Waals surface area (Å²) < 4.78 is 38.9. The molecule has 0 aliphatic heterocycles. The Balaban J connectivity index is 1.96. The normalized spacial score (nSPS) is 19.2. The van der Waals surface area contributed by atoms with E-state index in [1.807, 2.05) is 0 Å². The first-order chi connectivity index (χ1) is 8.87. The van der Waals surface area contributed by atoms with Gasteiger partial charge in [-0.05, 0) is 31.0 Å². The van der Waals surface area contributed by atoms with Gasteiger partial charge < -0.3 is 5.32 Å². The van der Waals surface area contributed by atoms with Crippen molar-refractivity contribution in [3.8, 4) is 0 Å². The minimum absolute atomic E-state index is 0.136. The second-order valence-corrected chi connectivity index (χ2v) is 5.14. The van der Waals surface area contributed by atoms with E-state index in [9.17, 15) is 18.0 Å². The Bertz CT molecular complexity index is 483. The van der Waals surface area contributed by atoms with Gasteiger partial charge in [0.2, 0.25) is 5.92 Å². The molecule has 1 aromatic carbocycles. The van der Waals surface area contributed by atoms with Gasteiger partial charge in [-0.3, -0.25) is 4.79 Å². The molecule has 1 amide bonds. The molecule has 1 aliphatic carbocycles. The lowest BCUT2D eigenvalue weighted by Crippen LogP contribution is -2.40. The van der Waals surface area contributed by atoms with Crippen molar-refractivity contribution >= 4 is 17.5 Å². The zero-order valence-electron chi connectivity index (χ0n) is 10.1. The first-order valence-electron chi connectivity index (χ1n) is 6.01. The average Bonchev–Trinajstić information content (AvgIpc) is 2.35. The molecule has 0 bridgehead atoms. The lowest BCUT2D eigenvalue weighted by molar-refractivity contribution is -0.0399. The topological polar surface area (TPSA) is 29.1 Å². The van der Waals surface area contributed by atoms with Gasteiger partial charge in [0.05, 0.1) is 5.02 Å². The van der Waals surface area contributed by atoms with Crippen LogP contribution in [0.3, 0.4) is 0 Å². The molecule has 0 saturated heterocycles. The molecule has 2 rings (SSSR count). The monoisotopic (exact) mass is 291 g/mol. The first kappa shape index (κ1) is 14.2. The van der Waals surface area contributed by atoms with Crippen LogP contribution in [0, 0.1) is 5.82 Å². The zero-order chi connectivity index (χ0) is 14.0. The number of hydrogen-bond acceptors (Lipinski definition) is 1. The Labute approximate surface area is 113 Å². The van der Waals surface area contributed by atoms with E-state index in [0.717, 1.165) is 6.07 Å². The number of alkyl halides is 2. The van der Waals surface area contributed by atoms with E-state index in [4.69, 9.17) is 11.6 Å². The average molecular weight is 292 g/mol. The van der Waals surface area contributed by atoms with Crippen molar-refractivity contribution in [2.75, 3.05) is 0 Å². The Morgan fingerprint density at radius 3 is 2.53 bits per heavy atom. The summed E-state index contributed by atoms with van der Waals surface area (Å²) in [4.78, 5) is 11.9. The van der Waals surface area contributed by atoms with Crippen LogP contribution in [-0.2, 0) is 0 Å². The largest absolute Gasteiger partial charge is 0.349 e. The summed E-state index contributed by atoms with van der Waals surface area (Å²) in [5, 5.41) is 2.53. The standard InChI is InChI=1S/C13H13ClF3NO/c14-10-7-8(1-2-11(10)15)12(19)18-9-3-5-13(16,17)6-4-9/h1-2,7,9H,3-6H2,(H,18,19). The molecule has 0 unspecified atom stereocenters. The van der Waals surface area contributed by atoms with Crippen LogP contribution in [0.25, 0.3) is 0 Å². The number of nitrogens with one attached hydrogen (secondary N) is 1. The number of carbonyl (C=O) groups is 1. The molecule has 0 aromatic heterocycles. The maximum Gasteiger partial charge on any atom is 0.251 e. The van der Waals surface area contributed by atoms with Crippen molar-refractivity contribution in [1.82, 2.24) is 5.32 Å². The van der Waals surface area contributed by atoms with Gasteiger partial charge in [-0.15, -0.1) is 0 Å². The van der Waals surface area contributed by atoms with E-state index < -0.39 is 17.6 Å². The minimum atomic E-state index is -2.62. The van der Waals surface area contributed by atoms with E-state index >= 15 is 0 Å². The van der Waals surface area contributed by atoms with Crippen molar-refractivity contribution in [2.24, 2.45) is 0 Å². The maximum absolute atomic E-state index is 13.0. The van der Waals surface area contributed by atoms with Gasteiger partial charge in [0.25, 0.3) is 5.91 Å². The predicted molar refractivity (Wildman–Crippen MR) is 66.1 cm³/mol. The van der Waals surface area contributed by atoms with E-state index in [1.165, 1.54) is 12.1 Å². The highest BCUT2D eigenvalue weighted by Gasteiger charge is 2.35. The number of halogens is 4. The lowest BCUT2D eigenvalue weighted by Gasteiger charge is -2.28. The van der Waals surface area contributed by atoms with Crippen LogP contribution in [0.1, 0.15) is 36.0 Å². The maximum atomic E-state index is 13.0. The highest BCUT2D eigenvalue weighted by atomic mass is 35.5. The summed E-state index contributed by atoms with van der Waals surface area (Å²) in [5.41, 5.74) is 0.226. The fourth-order valence-electron chi connectivity index (χ4n) is 2.09. The Kier molecular flexibility index (Phi) is 4.04. The SMILES string of the molecule is O=C(NC1CCC(F)(F)CC1)c1ccc(F)c(Cl)c1. The fraction of sp³-hybridized carbons (Fsp3) is 0.462. The highest BCUT2D eigenvalue weighted by molar-refractivity contribution is 6.31. The summed E-state index contributed by atoms with van der Waals surface area (Å²) in [6.07, 6.45) is 0.0472. The fourth-order valence-corrected chi connectivity index (χ4v) is 2.27. The third kappa shape index (κ3) is 3.62. The third-order valence-electron chi connectivity index (χ3n) is 3.23. The summed E-state index contributed by atoms with van der Waals surface area (Å²) in [7, 11) is 0. The van der Waals surface area contributed by atoms with Gasteiger partial charge in [0.1, 0.15) is 5.82 Å². The number of benzene rings is 1. The molecule has 1 N–H and O–H groups in total. The number of hydrogen-bond donors (Lipinski definition) is 1. The van der Waals surface area contributed by atoms with Crippen LogP contribution in [0.5, 0.6) is 0 Å². The molecular weight excluding hydrogens is 279 g/mol. The Hall–Kier alpha value is -1.23. The van der Waals surface area contributed by atoms with E-state index in [0.29, 0.717) is 0 Å². The van der Waals surface area contributed by atoms with Crippen molar-refractivity contribution in [2.45, 2.75) is 37.6 Å². The number of amides is 1. The molecule has 104 valence electrons. The summed E-state index contributed by atoms with van der Waals surface area (Å²) in [6, 6.07) is 3.38. The molecule has 2 nitrogen and oxygen atoms in total. The van der Waals surface area contributed by atoms with Gasteiger partial charge in [0, 0.05) is 24.4 Å². The lowest BCUT2D eigenvalue weighted by atomic mass is 9.92. The van der Waals surface area contributed by atoms with E-state index in [1.54, 1.807) is 0 Å². The van der Waals surface area contributed by atoms with E-state index in [-0.39, 0.29) is 42.3 Å². The van der Waals surface area contributed by atoms with Crippen LogP contribution in [0.4, 0.5) is 13.2 Å². The molecule has 19 heavy (non-hydrogen) atoms. The zero-order valence-corrected chi connectivity index (χ0v) is 10.8. The van der Waals surface area contributed by atoms with Crippen molar-refractivity contribution in [3.05, 3.63) is 34.6 Å². The van der Waals surface area contributed by atoms with Gasteiger partial charge in [0.15, 0.2) is 0 Å². The van der Waals surface area contributed by atoms with Crippen LogP contribution in [-0.4, -0.2) is 17.9 Å². The minimum Gasteiger partial charge on any atom is -0.349 e. The molecule has 0 heterocycles. The molecule has 0 atom stereocenters. The molecule has 1 aromatic rings. The van der Waals surface area contributed by atoms with Gasteiger partial charge in [-0.1, -0.05) is 11.6 Å². The molecule has 1 saturated carbocycles. The second-order valence-electron chi connectivity index (χ2n) is 4.73. The molecule has 0 radical (unpaired) electrons. The summed E-state index contributed by atoms with van der Waals surface area (Å²) in [6.45, 7) is 0. The van der Waals surface area contributed by atoms with Crippen LogP contribution >= 0.6 is 11.6 Å². The van der Waals surface area contributed by atoms with Crippen LogP contribution < -0.4 is 5.32 Å². The molecule has 0 spiro atoms. The van der Waals surface area contributed by atoms with Gasteiger partial charge >= 0.3 is 0 Å². The van der Waals surface area contributed by atoms with Crippen LogP contribution in [0.15, 0.2) is 18.2 Å². The smallest absolute Gasteiger partial charge is 0.251 e.